The van der Waals surface area contributed by atoms with Gasteiger partial charge in [0, 0.05) is 24.8 Å². The summed E-state index contributed by atoms with van der Waals surface area (Å²) in [5.74, 6) is 0. The Morgan fingerprint density at radius 3 is 2.40 bits per heavy atom. The molecule has 0 amide bonds. The summed E-state index contributed by atoms with van der Waals surface area (Å²) in [7, 11) is 0. The minimum atomic E-state index is 0.539. The van der Waals surface area contributed by atoms with Crippen LogP contribution in [0.2, 0.25) is 0 Å². The van der Waals surface area contributed by atoms with E-state index in [2.05, 4.69) is 50.8 Å². The van der Waals surface area contributed by atoms with Crippen LogP contribution in [0.1, 0.15) is 31.9 Å². The van der Waals surface area contributed by atoms with E-state index in [4.69, 9.17) is 5.73 Å². The summed E-state index contributed by atoms with van der Waals surface area (Å²) in [4.78, 5) is 2.40. The lowest BCUT2D eigenvalue weighted by atomic mass is 10.1. The Labute approximate surface area is 93.1 Å². The first-order valence-corrected chi connectivity index (χ1v) is 5.66. The van der Waals surface area contributed by atoms with E-state index in [1.807, 2.05) is 0 Å². The maximum atomic E-state index is 5.62. The maximum absolute atomic E-state index is 5.62. The number of benzene rings is 1. The third kappa shape index (κ3) is 2.72. The third-order valence-electron chi connectivity index (χ3n) is 2.77. The molecule has 2 heteroatoms. The van der Waals surface area contributed by atoms with Gasteiger partial charge in [0.25, 0.3) is 0 Å². The van der Waals surface area contributed by atoms with Crippen LogP contribution in [0.4, 0.5) is 5.69 Å². The van der Waals surface area contributed by atoms with Gasteiger partial charge in [0.1, 0.15) is 0 Å². The van der Waals surface area contributed by atoms with Crippen LogP contribution in [0, 0.1) is 6.92 Å². The standard InChI is InChI=1S/C13H22N2/c1-5-15(10(2)3)13-7-6-12(9-14)8-11(13)4/h6-8,10H,5,9,14H2,1-4H3. The van der Waals surface area contributed by atoms with Gasteiger partial charge in [-0.1, -0.05) is 12.1 Å². The molecule has 0 atom stereocenters. The molecule has 0 fully saturated rings. The molecular weight excluding hydrogens is 184 g/mol. The largest absolute Gasteiger partial charge is 0.369 e. The second-order valence-electron chi connectivity index (χ2n) is 4.20. The topological polar surface area (TPSA) is 29.3 Å². The summed E-state index contributed by atoms with van der Waals surface area (Å²) in [5.41, 5.74) is 9.47. The van der Waals surface area contributed by atoms with Gasteiger partial charge < -0.3 is 10.6 Å². The number of hydrogen-bond acceptors (Lipinski definition) is 2. The quantitative estimate of drug-likeness (QED) is 0.820. The number of nitrogens with zero attached hydrogens (tertiary/aromatic N) is 1. The molecule has 0 spiro atoms. The normalized spacial score (nSPS) is 10.8. The lowest BCUT2D eigenvalue weighted by Crippen LogP contribution is -2.30. The Hall–Kier alpha value is -1.02. The molecule has 0 aliphatic heterocycles. The Morgan fingerprint density at radius 2 is 2.00 bits per heavy atom. The van der Waals surface area contributed by atoms with Crippen LogP contribution >= 0.6 is 0 Å². The zero-order valence-corrected chi connectivity index (χ0v) is 10.2. The predicted molar refractivity (Wildman–Crippen MR) is 67.2 cm³/mol. The van der Waals surface area contributed by atoms with Crippen molar-refractivity contribution in [2.75, 3.05) is 11.4 Å². The molecule has 0 unspecified atom stereocenters. The number of nitrogens with two attached hydrogens (primary N) is 1. The maximum Gasteiger partial charge on any atom is 0.0398 e. The molecule has 84 valence electrons. The van der Waals surface area contributed by atoms with Gasteiger partial charge in [-0.05, 0) is 44.9 Å². The highest BCUT2D eigenvalue weighted by Gasteiger charge is 2.10. The summed E-state index contributed by atoms with van der Waals surface area (Å²) in [5, 5.41) is 0. The van der Waals surface area contributed by atoms with E-state index < -0.39 is 0 Å². The Bertz CT molecular complexity index is 318. The van der Waals surface area contributed by atoms with Crippen LogP contribution in [0.3, 0.4) is 0 Å². The van der Waals surface area contributed by atoms with Crippen molar-refractivity contribution >= 4 is 5.69 Å². The monoisotopic (exact) mass is 206 g/mol. The van der Waals surface area contributed by atoms with Gasteiger partial charge in [-0.3, -0.25) is 0 Å². The summed E-state index contributed by atoms with van der Waals surface area (Å²) in [6, 6.07) is 7.02. The molecule has 1 aromatic rings. The lowest BCUT2D eigenvalue weighted by Gasteiger charge is -2.29. The summed E-state index contributed by atoms with van der Waals surface area (Å²) >= 11 is 0. The third-order valence-corrected chi connectivity index (χ3v) is 2.77. The first-order chi connectivity index (χ1) is 7.10. The molecule has 2 N–H and O–H groups in total. The van der Waals surface area contributed by atoms with Crippen LogP contribution in [0.5, 0.6) is 0 Å². The van der Waals surface area contributed by atoms with Gasteiger partial charge >= 0.3 is 0 Å². The van der Waals surface area contributed by atoms with E-state index in [-0.39, 0.29) is 0 Å². The van der Waals surface area contributed by atoms with Crippen molar-refractivity contribution in [1.29, 1.82) is 0 Å². The van der Waals surface area contributed by atoms with E-state index in [1.165, 1.54) is 16.8 Å². The highest BCUT2D eigenvalue weighted by atomic mass is 15.1. The fourth-order valence-corrected chi connectivity index (χ4v) is 1.98. The fourth-order valence-electron chi connectivity index (χ4n) is 1.98. The molecule has 0 aliphatic rings. The Morgan fingerprint density at radius 1 is 1.33 bits per heavy atom. The zero-order chi connectivity index (χ0) is 11.4. The first-order valence-electron chi connectivity index (χ1n) is 5.66. The Kier molecular flexibility index (Phi) is 4.15. The average Bonchev–Trinajstić information content (AvgIpc) is 2.20. The number of rotatable bonds is 4. The first kappa shape index (κ1) is 12.1. The molecule has 0 heterocycles. The molecule has 1 aromatic carbocycles. The summed E-state index contributed by atoms with van der Waals surface area (Å²) in [6.45, 7) is 10.4. The molecule has 0 bridgehead atoms. The molecule has 0 aromatic heterocycles. The zero-order valence-electron chi connectivity index (χ0n) is 10.2. The molecule has 2 nitrogen and oxygen atoms in total. The predicted octanol–water partition coefficient (Wildman–Crippen LogP) is 2.69. The van der Waals surface area contributed by atoms with Crippen molar-refractivity contribution in [1.82, 2.24) is 0 Å². The molecule has 15 heavy (non-hydrogen) atoms. The van der Waals surface area contributed by atoms with Crippen LogP contribution in [0.25, 0.3) is 0 Å². The van der Waals surface area contributed by atoms with Gasteiger partial charge in [0.15, 0.2) is 0 Å². The number of hydrogen-bond donors (Lipinski definition) is 1. The van der Waals surface area contributed by atoms with Gasteiger partial charge in [-0.25, -0.2) is 0 Å². The number of anilines is 1. The molecule has 0 saturated carbocycles. The fraction of sp³-hybridized carbons (Fsp3) is 0.538. The van der Waals surface area contributed by atoms with Crippen LogP contribution in [-0.2, 0) is 6.54 Å². The van der Waals surface area contributed by atoms with Crippen molar-refractivity contribution in [2.45, 2.75) is 40.3 Å². The van der Waals surface area contributed by atoms with Gasteiger partial charge in [0.05, 0.1) is 0 Å². The smallest absolute Gasteiger partial charge is 0.0398 e. The molecule has 0 radical (unpaired) electrons. The molecule has 0 saturated heterocycles. The summed E-state index contributed by atoms with van der Waals surface area (Å²) in [6.07, 6.45) is 0. The minimum absolute atomic E-state index is 0.539. The van der Waals surface area contributed by atoms with Crippen LogP contribution < -0.4 is 10.6 Å². The SMILES string of the molecule is CCN(c1ccc(CN)cc1C)C(C)C. The van der Waals surface area contributed by atoms with Crippen molar-refractivity contribution in [3.63, 3.8) is 0 Å². The Balaban J connectivity index is 3.03. The van der Waals surface area contributed by atoms with E-state index in [0.717, 1.165) is 6.54 Å². The highest BCUT2D eigenvalue weighted by molar-refractivity contribution is 5.55. The minimum Gasteiger partial charge on any atom is -0.369 e. The van der Waals surface area contributed by atoms with Crippen molar-refractivity contribution in [2.24, 2.45) is 5.73 Å². The molecular formula is C13H22N2. The lowest BCUT2D eigenvalue weighted by molar-refractivity contribution is 0.701. The highest BCUT2D eigenvalue weighted by Crippen LogP contribution is 2.22. The average molecular weight is 206 g/mol. The molecule has 1 rings (SSSR count). The molecule has 0 aliphatic carbocycles. The van der Waals surface area contributed by atoms with E-state index in [0.29, 0.717) is 12.6 Å². The van der Waals surface area contributed by atoms with Crippen molar-refractivity contribution < 1.29 is 0 Å². The van der Waals surface area contributed by atoms with Crippen LogP contribution in [0.15, 0.2) is 18.2 Å². The second kappa shape index (κ2) is 5.17. The summed E-state index contributed by atoms with van der Waals surface area (Å²) < 4.78 is 0. The van der Waals surface area contributed by atoms with Gasteiger partial charge in [0.2, 0.25) is 0 Å². The van der Waals surface area contributed by atoms with Crippen molar-refractivity contribution in [3.05, 3.63) is 29.3 Å². The van der Waals surface area contributed by atoms with E-state index in [1.54, 1.807) is 0 Å². The second-order valence-corrected chi connectivity index (χ2v) is 4.20. The van der Waals surface area contributed by atoms with Gasteiger partial charge in [-0.2, -0.15) is 0 Å². The van der Waals surface area contributed by atoms with E-state index in [9.17, 15) is 0 Å². The number of aryl methyl sites for hydroxylation is 1. The van der Waals surface area contributed by atoms with E-state index >= 15 is 0 Å². The van der Waals surface area contributed by atoms with Crippen molar-refractivity contribution in [3.8, 4) is 0 Å². The van der Waals surface area contributed by atoms with Gasteiger partial charge in [-0.15, -0.1) is 0 Å². The van der Waals surface area contributed by atoms with Crippen LogP contribution in [-0.4, -0.2) is 12.6 Å².